The highest BCUT2D eigenvalue weighted by molar-refractivity contribution is 9.10. The van der Waals surface area contributed by atoms with Crippen LogP contribution < -0.4 is 0 Å². The molecular formula is C13H17BrO2. The molecule has 0 spiro atoms. The zero-order valence-electron chi connectivity index (χ0n) is 9.50. The normalized spacial score (nSPS) is 10.4. The van der Waals surface area contributed by atoms with Gasteiger partial charge >= 0.3 is 5.97 Å². The fourth-order valence-corrected chi connectivity index (χ4v) is 2.24. The fourth-order valence-electron chi connectivity index (χ4n) is 1.64. The van der Waals surface area contributed by atoms with Crippen molar-refractivity contribution in [2.75, 3.05) is 0 Å². The third kappa shape index (κ3) is 3.97. The number of halogens is 1. The standard InChI is InChI=1S/C13H17BrO2/c1-2-3-4-5-6-10-7-8-11(13(15)16)12(14)9-10/h7-9H,2-6H2,1H3,(H,15,16). The molecule has 0 aliphatic rings. The number of aryl methyl sites for hydroxylation is 1. The number of carbonyl (C=O) groups is 1. The molecular weight excluding hydrogens is 268 g/mol. The second kappa shape index (κ2) is 6.69. The SMILES string of the molecule is CCCCCCc1ccc(C(=O)O)c(Br)c1. The van der Waals surface area contributed by atoms with Gasteiger partial charge in [0.25, 0.3) is 0 Å². The molecule has 0 saturated heterocycles. The second-order valence-electron chi connectivity index (χ2n) is 3.93. The molecule has 0 radical (unpaired) electrons. The molecule has 0 aromatic heterocycles. The lowest BCUT2D eigenvalue weighted by Crippen LogP contribution is -1.98. The molecule has 1 N–H and O–H groups in total. The maximum Gasteiger partial charge on any atom is 0.336 e. The van der Waals surface area contributed by atoms with Crippen LogP contribution in [0.3, 0.4) is 0 Å². The van der Waals surface area contributed by atoms with E-state index >= 15 is 0 Å². The molecule has 0 aliphatic carbocycles. The van der Waals surface area contributed by atoms with Crippen molar-refractivity contribution >= 4 is 21.9 Å². The van der Waals surface area contributed by atoms with E-state index in [0.29, 0.717) is 10.0 Å². The zero-order valence-corrected chi connectivity index (χ0v) is 11.1. The van der Waals surface area contributed by atoms with Crippen molar-refractivity contribution < 1.29 is 9.90 Å². The summed E-state index contributed by atoms with van der Waals surface area (Å²) in [6, 6.07) is 5.48. The summed E-state index contributed by atoms with van der Waals surface area (Å²) in [5, 5.41) is 8.87. The number of aromatic carboxylic acids is 1. The van der Waals surface area contributed by atoms with Crippen LogP contribution in [0, 0.1) is 0 Å². The number of hydrogen-bond donors (Lipinski definition) is 1. The highest BCUT2D eigenvalue weighted by atomic mass is 79.9. The van der Waals surface area contributed by atoms with Gasteiger partial charge in [-0.3, -0.25) is 0 Å². The lowest BCUT2D eigenvalue weighted by atomic mass is 10.0. The van der Waals surface area contributed by atoms with Gasteiger partial charge in [0, 0.05) is 4.47 Å². The van der Waals surface area contributed by atoms with E-state index < -0.39 is 5.97 Å². The Morgan fingerprint density at radius 3 is 2.62 bits per heavy atom. The van der Waals surface area contributed by atoms with Crippen LogP contribution in [0.2, 0.25) is 0 Å². The van der Waals surface area contributed by atoms with Crippen LogP contribution in [-0.2, 0) is 6.42 Å². The third-order valence-electron chi connectivity index (χ3n) is 2.58. The summed E-state index contributed by atoms with van der Waals surface area (Å²) in [5.41, 5.74) is 1.53. The molecule has 2 nitrogen and oxygen atoms in total. The largest absolute Gasteiger partial charge is 0.478 e. The number of carboxylic acid groups (broad SMARTS) is 1. The average Bonchev–Trinajstić information content (AvgIpc) is 2.24. The summed E-state index contributed by atoms with van der Waals surface area (Å²) >= 11 is 3.29. The van der Waals surface area contributed by atoms with E-state index in [-0.39, 0.29) is 0 Å². The molecule has 0 amide bonds. The van der Waals surface area contributed by atoms with E-state index in [9.17, 15) is 4.79 Å². The Morgan fingerprint density at radius 2 is 2.06 bits per heavy atom. The molecule has 16 heavy (non-hydrogen) atoms. The van der Waals surface area contributed by atoms with E-state index in [2.05, 4.69) is 22.9 Å². The lowest BCUT2D eigenvalue weighted by Gasteiger charge is -2.04. The second-order valence-corrected chi connectivity index (χ2v) is 4.78. The summed E-state index contributed by atoms with van der Waals surface area (Å²) in [7, 11) is 0. The molecule has 0 aliphatic heterocycles. The van der Waals surface area contributed by atoms with Crippen LogP contribution in [0.1, 0.15) is 48.5 Å². The number of unbranched alkanes of at least 4 members (excludes halogenated alkanes) is 3. The molecule has 1 aromatic rings. The molecule has 3 heteroatoms. The monoisotopic (exact) mass is 284 g/mol. The molecule has 0 saturated carbocycles. The Labute approximate surface area is 105 Å². The number of rotatable bonds is 6. The first-order valence-electron chi connectivity index (χ1n) is 5.67. The highest BCUT2D eigenvalue weighted by Crippen LogP contribution is 2.20. The number of benzene rings is 1. The van der Waals surface area contributed by atoms with Gasteiger partial charge in [-0.2, -0.15) is 0 Å². The first kappa shape index (κ1) is 13.2. The van der Waals surface area contributed by atoms with Gasteiger partial charge in [0.2, 0.25) is 0 Å². The highest BCUT2D eigenvalue weighted by Gasteiger charge is 2.07. The Bertz CT molecular complexity index is 361. The molecule has 0 atom stereocenters. The van der Waals surface area contributed by atoms with Crippen molar-refractivity contribution in [1.29, 1.82) is 0 Å². The van der Waals surface area contributed by atoms with Crippen LogP contribution in [0.15, 0.2) is 22.7 Å². The van der Waals surface area contributed by atoms with Gasteiger partial charge in [0.05, 0.1) is 5.56 Å². The van der Waals surface area contributed by atoms with E-state index in [4.69, 9.17) is 5.11 Å². The van der Waals surface area contributed by atoms with Gasteiger partial charge in [-0.1, -0.05) is 32.3 Å². The lowest BCUT2D eigenvalue weighted by molar-refractivity contribution is 0.0696. The van der Waals surface area contributed by atoms with Crippen molar-refractivity contribution in [3.8, 4) is 0 Å². The van der Waals surface area contributed by atoms with E-state index in [1.807, 2.05) is 12.1 Å². The van der Waals surface area contributed by atoms with E-state index in [0.717, 1.165) is 6.42 Å². The minimum absolute atomic E-state index is 0.331. The Hall–Kier alpha value is -0.830. The maximum atomic E-state index is 10.8. The van der Waals surface area contributed by atoms with Crippen LogP contribution in [0.4, 0.5) is 0 Å². The first-order valence-corrected chi connectivity index (χ1v) is 6.46. The predicted molar refractivity (Wildman–Crippen MR) is 68.9 cm³/mol. The third-order valence-corrected chi connectivity index (χ3v) is 3.24. The maximum absolute atomic E-state index is 10.8. The van der Waals surface area contributed by atoms with Crippen LogP contribution in [0.5, 0.6) is 0 Å². The Balaban J connectivity index is 2.56. The minimum Gasteiger partial charge on any atom is -0.478 e. The van der Waals surface area contributed by atoms with Crippen molar-refractivity contribution in [3.05, 3.63) is 33.8 Å². The molecule has 0 bridgehead atoms. The number of hydrogen-bond acceptors (Lipinski definition) is 1. The molecule has 88 valence electrons. The summed E-state index contributed by atoms with van der Waals surface area (Å²) < 4.78 is 0.674. The van der Waals surface area contributed by atoms with Crippen LogP contribution in [-0.4, -0.2) is 11.1 Å². The van der Waals surface area contributed by atoms with Crippen LogP contribution in [0.25, 0.3) is 0 Å². The summed E-state index contributed by atoms with van der Waals surface area (Å²) in [5.74, 6) is -0.885. The summed E-state index contributed by atoms with van der Waals surface area (Å²) in [4.78, 5) is 10.8. The fraction of sp³-hybridized carbons (Fsp3) is 0.462. The quantitative estimate of drug-likeness (QED) is 0.792. The molecule has 0 fully saturated rings. The zero-order chi connectivity index (χ0) is 12.0. The van der Waals surface area contributed by atoms with Crippen molar-refractivity contribution in [1.82, 2.24) is 0 Å². The Morgan fingerprint density at radius 1 is 1.31 bits per heavy atom. The van der Waals surface area contributed by atoms with E-state index in [1.54, 1.807) is 6.07 Å². The summed E-state index contributed by atoms with van der Waals surface area (Å²) in [6.45, 7) is 2.19. The van der Waals surface area contributed by atoms with Gasteiger partial charge in [-0.25, -0.2) is 4.79 Å². The summed E-state index contributed by atoms with van der Waals surface area (Å²) in [6.07, 6.45) is 5.95. The van der Waals surface area contributed by atoms with Gasteiger partial charge in [-0.15, -0.1) is 0 Å². The topological polar surface area (TPSA) is 37.3 Å². The van der Waals surface area contributed by atoms with Crippen LogP contribution >= 0.6 is 15.9 Å². The van der Waals surface area contributed by atoms with Gasteiger partial charge in [0.15, 0.2) is 0 Å². The van der Waals surface area contributed by atoms with Gasteiger partial charge in [-0.05, 0) is 46.5 Å². The smallest absolute Gasteiger partial charge is 0.336 e. The molecule has 1 rings (SSSR count). The van der Waals surface area contributed by atoms with Crippen molar-refractivity contribution in [2.45, 2.75) is 39.0 Å². The molecule has 0 heterocycles. The van der Waals surface area contributed by atoms with Crippen molar-refractivity contribution in [2.24, 2.45) is 0 Å². The predicted octanol–water partition coefficient (Wildman–Crippen LogP) is 4.27. The average molecular weight is 285 g/mol. The molecule has 1 aromatic carbocycles. The Kier molecular flexibility index (Phi) is 5.53. The first-order chi connectivity index (χ1) is 7.65. The molecule has 0 unspecified atom stereocenters. The van der Waals surface area contributed by atoms with Gasteiger partial charge < -0.3 is 5.11 Å². The van der Waals surface area contributed by atoms with Crippen molar-refractivity contribution in [3.63, 3.8) is 0 Å². The van der Waals surface area contributed by atoms with Gasteiger partial charge in [0.1, 0.15) is 0 Å². The minimum atomic E-state index is -0.885. The van der Waals surface area contributed by atoms with E-state index in [1.165, 1.54) is 31.2 Å². The number of carboxylic acids is 1.